The number of anilines is 1. The SMILES string of the molecule is CC(C)n1nc(C(=O)OCC(=O)Nc2ccc(S(C)(=O)=O)cc2)c2ccccc2c1=O. The van der Waals surface area contributed by atoms with E-state index in [1.807, 2.05) is 0 Å². The van der Waals surface area contributed by atoms with Crippen molar-refractivity contribution >= 4 is 38.2 Å². The molecule has 3 rings (SSSR count). The predicted molar refractivity (Wildman–Crippen MR) is 115 cm³/mol. The van der Waals surface area contributed by atoms with E-state index in [2.05, 4.69) is 10.4 Å². The smallest absolute Gasteiger partial charge is 0.359 e. The fraction of sp³-hybridized carbons (Fsp3) is 0.238. The molecule has 0 saturated carbocycles. The zero-order valence-corrected chi connectivity index (χ0v) is 18.0. The minimum Gasteiger partial charge on any atom is -0.451 e. The number of hydrogen-bond donors (Lipinski definition) is 1. The van der Waals surface area contributed by atoms with Crippen LogP contribution in [0.25, 0.3) is 10.8 Å². The van der Waals surface area contributed by atoms with Gasteiger partial charge < -0.3 is 10.1 Å². The molecule has 0 aliphatic heterocycles. The van der Waals surface area contributed by atoms with E-state index < -0.39 is 28.3 Å². The number of fused-ring (bicyclic) bond motifs is 1. The van der Waals surface area contributed by atoms with Gasteiger partial charge in [-0.25, -0.2) is 17.9 Å². The average Bonchev–Trinajstić information content (AvgIpc) is 2.72. The second-order valence-corrected chi connectivity index (χ2v) is 9.17. The van der Waals surface area contributed by atoms with E-state index in [9.17, 15) is 22.8 Å². The van der Waals surface area contributed by atoms with Gasteiger partial charge in [-0.2, -0.15) is 5.10 Å². The lowest BCUT2D eigenvalue weighted by atomic mass is 10.1. The molecule has 1 N–H and O–H groups in total. The Morgan fingerprint density at radius 3 is 2.26 bits per heavy atom. The Morgan fingerprint density at radius 2 is 1.68 bits per heavy atom. The maximum atomic E-state index is 12.6. The molecule has 0 aliphatic carbocycles. The van der Waals surface area contributed by atoms with Gasteiger partial charge in [0.15, 0.2) is 22.1 Å². The van der Waals surface area contributed by atoms with Crippen LogP contribution in [-0.4, -0.2) is 42.9 Å². The molecule has 1 aromatic heterocycles. The van der Waals surface area contributed by atoms with Crippen LogP contribution < -0.4 is 10.9 Å². The molecule has 3 aromatic rings. The maximum Gasteiger partial charge on any atom is 0.359 e. The number of benzene rings is 2. The Kier molecular flexibility index (Phi) is 6.21. The Morgan fingerprint density at radius 1 is 1.06 bits per heavy atom. The number of amides is 1. The number of rotatable bonds is 6. The molecule has 10 heteroatoms. The van der Waals surface area contributed by atoms with Gasteiger partial charge >= 0.3 is 5.97 Å². The monoisotopic (exact) mass is 443 g/mol. The van der Waals surface area contributed by atoms with Crippen LogP contribution in [-0.2, 0) is 19.4 Å². The molecule has 31 heavy (non-hydrogen) atoms. The molecule has 1 heterocycles. The van der Waals surface area contributed by atoms with Crippen LogP contribution in [0.3, 0.4) is 0 Å². The molecule has 0 saturated heterocycles. The number of aromatic nitrogens is 2. The third kappa shape index (κ3) is 4.97. The van der Waals surface area contributed by atoms with Crippen molar-refractivity contribution in [1.82, 2.24) is 9.78 Å². The highest BCUT2D eigenvalue weighted by molar-refractivity contribution is 7.90. The summed E-state index contributed by atoms with van der Waals surface area (Å²) in [5.74, 6) is -1.45. The van der Waals surface area contributed by atoms with Gasteiger partial charge in [0.2, 0.25) is 0 Å². The number of nitrogens with zero attached hydrogens (tertiary/aromatic N) is 2. The van der Waals surface area contributed by atoms with Gasteiger partial charge in [-0.15, -0.1) is 0 Å². The van der Waals surface area contributed by atoms with Crippen molar-refractivity contribution in [2.24, 2.45) is 0 Å². The number of hydrogen-bond acceptors (Lipinski definition) is 7. The van der Waals surface area contributed by atoms with Gasteiger partial charge in [-0.3, -0.25) is 9.59 Å². The van der Waals surface area contributed by atoms with Gasteiger partial charge in [0.25, 0.3) is 11.5 Å². The number of carbonyl (C=O) groups excluding carboxylic acids is 2. The first kappa shape index (κ1) is 22.2. The molecule has 1 amide bonds. The van der Waals surface area contributed by atoms with Gasteiger partial charge in [-0.05, 0) is 44.2 Å². The first-order chi connectivity index (χ1) is 14.6. The summed E-state index contributed by atoms with van der Waals surface area (Å²) in [5, 5.41) is 7.32. The van der Waals surface area contributed by atoms with E-state index in [4.69, 9.17) is 4.74 Å². The summed E-state index contributed by atoms with van der Waals surface area (Å²) in [6.07, 6.45) is 1.08. The minimum atomic E-state index is -3.34. The van der Waals surface area contributed by atoms with Gasteiger partial charge in [0.1, 0.15) is 0 Å². The highest BCUT2D eigenvalue weighted by Crippen LogP contribution is 2.16. The Labute approximate surface area is 178 Å². The number of carbonyl (C=O) groups is 2. The predicted octanol–water partition coefficient (Wildman–Crippen LogP) is 2.18. The second-order valence-electron chi connectivity index (χ2n) is 7.16. The zero-order chi connectivity index (χ0) is 22.8. The van der Waals surface area contributed by atoms with Gasteiger partial charge in [-0.1, -0.05) is 18.2 Å². The molecule has 0 spiro atoms. The van der Waals surface area contributed by atoms with E-state index in [1.54, 1.807) is 38.1 Å². The first-order valence-electron chi connectivity index (χ1n) is 9.36. The van der Waals surface area contributed by atoms with Crippen molar-refractivity contribution in [3.05, 3.63) is 64.6 Å². The maximum absolute atomic E-state index is 12.6. The van der Waals surface area contributed by atoms with Crippen LogP contribution in [0.15, 0.2) is 58.2 Å². The van der Waals surface area contributed by atoms with Crippen molar-refractivity contribution < 1.29 is 22.7 Å². The number of nitrogens with one attached hydrogen (secondary N) is 1. The third-order valence-electron chi connectivity index (χ3n) is 4.41. The summed E-state index contributed by atoms with van der Waals surface area (Å²) < 4.78 is 29.3. The molecule has 2 aromatic carbocycles. The van der Waals surface area contributed by atoms with Crippen molar-refractivity contribution in [2.75, 3.05) is 18.2 Å². The van der Waals surface area contributed by atoms with Crippen LogP contribution in [0, 0.1) is 0 Å². The van der Waals surface area contributed by atoms with E-state index in [-0.39, 0.29) is 22.2 Å². The second kappa shape index (κ2) is 8.68. The van der Waals surface area contributed by atoms with E-state index >= 15 is 0 Å². The summed E-state index contributed by atoms with van der Waals surface area (Å²) >= 11 is 0. The molecule has 0 unspecified atom stereocenters. The van der Waals surface area contributed by atoms with Crippen molar-refractivity contribution in [3.63, 3.8) is 0 Å². The van der Waals surface area contributed by atoms with E-state index in [1.165, 1.54) is 28.9 Å². The zero-order valence-electron chi connectivity index (χ0n) is 17.2. The lowest BCUT2D eigenvalue weighted by molar-refractivity contribution is -0.119. The average molecular weight is 443 g/mol. The molecule has 0 bridgehead atoms. The largest absolute Gasteiger partial charge is 0.451 e. The summed E-state index contributed by atoms with van der Waals surface area (Å²) in [6.45, 7) is 2.95. The molecular formula is C21H21N3O6S. The lowest BCUT2D eigenvalue weighted by Gasteiger charge is -2.13. The standard InChI is InChI=1S/C21H21N3O6S/c1-13(2)24-20(26)17-7-5-4-6-16(17)19(23-24)21(27)30-12-18(25)22-14-8-10-15(11-9-14)31(3,28)29/h4-11,13H,12H2,1-3H3,(H,22,25). The normalized spacial score (nSPS) is 11.5. The molecule has 0 fully saturated rings. The van der Waals surface area contributed by atoms with Crippen LogP contribution in [0.1, 0.15) is 30.4 Å². The highest BCUT2D eigenvalue weighted by Gasteiger charge is 2.20. The number of sulfone groups is 1. The fourth-order valence-corrected chi connectivity index (χ4v) is 3.52. The molecule has 0 atom stereocenters. The quantitative estimate of drug-likeness (QED) is 0.579. The van der Waals surface area contributed by atoms with Crippen molar-refractivity contribution in [2.45, 2.75) is 24.8 Å². The van der Waals surface area contributed by atoms with E-state index in [0.717, 1.165) is 6.26 Å². The van der Waals surface area contributed by atoms with Gasteiger partial charge in [0.05, 0.1) is 16.3 Å². The third-order valence-corrected chi connectivity index (χ3v) is 5.54. The fourth-order valence-electron chi connectivity index (χ4n) is 2.89. The van der Waals surface area contributed by atoms with Crippen molar-refractivity contribution in [1.29, 1.82) is 0 Å². The highest BCUT2D eigenvalue weighted by atomic mass is 32.2. The number of ether oxygens (including phenoxy) is 1. The van der Waals surface area contributed by atoms with E-state index in [0.29, 0.717) is 16.5 Å². The summed E-state index contributed by atoms with van der Waals surface area (Å²) in [7, 11) is -3.34. The Balaban J connectivity index is 1.75. The topological polar surface area (TPSA) is 124 Å². The first-order valence-corrected chi connectivity index (χ1v) is 11.3. The van der Waals surface area contributed by atoms with Crippen LogP contribution in [0.4, 0.5) is 5.69 Å². The summed E-state index contributed by atoms with van der Waals surface area (Å²) in [5.41, 5.74) is -0.0305. The van der Waals surface area contributed by atoms with Crippen LogP contribution >= 0.6 is 0 Å². The minimum absolute atomic E-state index is 0.0609. The molecule has 9 nitrogen and oxygen atoms in total. The molecule has 0 aliphatic rings. The van der Waals surface area contributed by atoms with Crippen LogP contribution in [0.5, 0.6) is 0 Å². The van der Waals surface area contributed by atoms with Crippen LogP contribution in [0.2, 0.25) is 0 Å². The molecule has 162 valence electrons. The van der Waals surface area contributed by atoms with Gasteiger partial charge in [0, 0.05) is 17.3 Å². The number of esters is 1. The molecular weight excluding hydrogens is 422 g/mol. The van der Waals surface area contributed by atoms with Crippen molar-refractivity contribution in [3.8, 4) is 0 Å². The Hall–Kier alpha value is -3.53. The summed E-state index contributed by atoms with van der Waals surface area (Å²) in [4.78, 5) is 37.4. The lowest BCUT2D eigenvalue weighted by Crippen LogP contribution is -2.28. The summed E-state index contributed by atoms with van der Waals surface area (Å²) in [6, 6.07) is 11.9. The molecule has 0 radical (unpaired) electrons. The Bertz CT molecular complexity index is 1310.